The molecule has 0 saturated heterocycles. The highest BCUT2D eigenvalue weighted by atomic mass is 16.1. The van der Waals surface area contributed by atoms with Gasteiger partial charge in [-0.3, -0.25) is 9.48 Å². The molecule has 0 spiro atoms. The number of Topliss-reactive ketones (excluding diaryl/α,β-unsaturated/α-hetero) is 1. The first kappa shape index (κ1) is 12.6. The maximum atomic E-state index is 12.2. The number of hydrogen-bond donors (Lipinski definition) is 0. The summed E-state index contributed by atoms with van der Waals surface area (Å²) in [5, 5.41) is 13.2. The standard InChI is InChI=1S/C14H17N3O/c1-17-13(7-8-16-17)9-12(10-15)14(18)11-5-3-2-4-6-11/h7-9,11H,2-6H2,1H3. The van der Waals surface area contributed by atoms with Crippen LogP contribution in [0.5, 0.6) is 0 Å². The van der Waals surface area contributed by atoms with Gasteiger partial charge in [-0.05, 0) is 25.0 Å². The van der Waals surface area contributed by atoms with E-state index in [1.54, 1.807) is 30.1 Å². The first-order valence-electron chi connectivity index (χ1n) is 6.36. The molecule has 0 unspecified atom stereocenters. The summed E-state index contributed by atoms with van der Waals surface area (Å²) in [4.78, 5) is 12.2. The quantitative estimate of drug-likeness (QED) is 0.605. The lowest BCUT2D eigenvalue weighted by atomic mass is 9.84. The van der Waals surface area contributed by atoms with Gasteiger partial charge in [0.05, 0.1) is 11.3 Å². The summed E-state index contributed by atoms with van der Waals surface area (Å²) in [6.45, 7) is 0. The van der Waals surface area contributed by atoms with Crippen molar-refractivity contribution in [1.29, 1.82) is 5.26 Å². The molecule has 0 bridgehead atoms. The number of nitriles is 1. The van der Waals surface area contributed by atoms with Crippen LogP contribution in [-0.2, 0) is 11.8 Å². The van der Waals surface area contributed by atoms with E-state index in [0.717, 1.165) is 31.4 Å². The Morgan fingerprint density at radius 2 is 2.22 bits per heavy atom. The van der Waals surface area contributed by atoms with E-state index in [4.69, 9.17) is 5.26 Å². The van der Waals surface area contributed by atoms with Crippen molar-refractivity contribution in [3.05, 3.63) is 23.5 Å². The van der Waals surface area contributed by atoms with Crippen LogP contribution >= 0.6 is 0 Å². The average molecular weight is 243 g/mol. The van der Waals surface area contributed by atoms with E-state index in [9.17, 15) is 4.79 Å². The molecule has 4 nitrogen and oxygen atoms in total. The van der Waals surface area contributed by atoms with Crippen LogP contribution in [0.3, 0.4) is 0 Å². The fourth-order valence-corrected chi connectivity index (χ4v) is 2.42. The lowest BCUT2D eigenvalue weighted by Crippen LogP contribution is -2.19. The van der Waals surface area contributed by atoms with E-state index in [0.29, 0.717) is 0 Å². The summed E-state index contributed by atoms with van der Waals surface area (Å²) < 4.78 is 1.66. The Kier molecular flexibility index (Phi) is 3.93. The second-order valence-electron chi connectivity index (χ2n) is 4.75. The number of aryl methyl sites for hydroxylation is 1. The van der Waals surface area contributed by atoms with E-state index in [1.807, 2.05) is 6.07 Å². The van der Waals surface area contributed by atoms with Crippen molar-refractivity contribution in [2.45, 2.75) is 32.1 Å². The van der Waals surface area contributed by atoms with Crippen molar-refractivity contribution in [3.8, 4) is 6.07 Å². The number of hydrogen-bond acceptors (Lipinski definition) is 3. The smallest absolute Gasteiger partial charge is 0.176 e. The van der Waals surface area contributed by atoms with Crippen molar-refractivity contribution in [2.75, 3.05) is 0 Å². The highest BCUT2D eigenvalue weighted by Crippen LogP contribution is 2.26. The third-order valence-corrected chi connectivity index (χ3v) is 3.51. The molecule has 18 heavy (non-hydrogen) atoms. The van der Waals surface area contributed by atoms with E-state index in [1.165, 1.54) is 6.42 Å². The van der Waals surface area contributed by atoms with Crippen LogP contribution in [0.2, 0.25) is 0 Å². The molecule has 1 heterocycles. The van der Waals surface area contributed by atoms with Gasteiger partial charge >= 0.3 is 0 Å². The molecular formula is C14H17N3O. The maximum Gasteiger partial charge on any atom is 0.176 e. The van der Waals surface area contributed by atoms with Gasteiger partial charge in [0, 0.05) is 19.2 Å². The fraction of sp³-hybridized carbons (Fsp3) is 0.500. The number of nitrogens with zero attached hydrogens (tertiary/aromatic N) is 3. The maximum absolute atomic E-state index is 12.2. The van der Waals surface area contributed by atoms with Crippen LogP contribution < -0.4 is 0 Å². The zero-order valence-corrected chi connectivity index (χ0v) is 10.6. The summed E-state index contributed by atoms with van der Waals surface area (Å²) in [5.74, 6) is 0.0382. The van der Waals surface area contributed by atoms with Crippen LogP contribution in [0, 0.1) is 17.2 Å². The molecule has 0 aliphatic heterocycles. The van der Waals surface area contributed by atoms with E-state index < -0.39 is 0 Å². The molecule has 0 amide bonds. The third kappa shape index (κ3) is 2.67. The van der Waals surface area contributed by atoms with Gasteiger partial charge in [0.25, 0.3) is 0 Å². The van der Waals surface area contributed by atoms with Crippen LogP contribution in [-0.4, -0.2) is 15.6 Å². The largest absolute Gasteiger partial charge is 0.293 e. The molecule has 94 valence electrons. The molecule has 2 rings (SSSR count). The second-order valence-corrected chi connectivity index (χ2v) is 4.75. The first-order chi connectivity index (χ1) is 8.72. The number of aromatic nitrogens is 2. The molecule has 1 aliphatic rings. The Labute approximate surface area is 107 Å². The topological polar surface area (TPSA) is 58.7 Å². The van der Waals surface area contributed by atoms with E-state index in [-0.39, 0.29) is 17.3 Å². The second kappa shape index (κ2) is 5.63. The van der Waals surface area contributed by atoms with Crippen molar-refractivity contribution in [3.63, 3.8) is 0 Å². The van der Waals surface area contributed by atoms with Gasteiger partial charge in [-0.2, -0.15) is 10.4 Å². The van der Waals surface area contributed by atoms with Crippen LogP contribution in [0.4, 0.5) is 0 Å². The molecule has 0 radical (unpaired) electrons. The van der Waals surface area contributed by atoms with Crippen molar-refractivity contribution < 1.29 is 4.79 Å². The summed E-state index contributed by atoms with van der Waals surface area (Å²) in [7, 11) is 1.80. The molecule has 0 atom stereocenters. The minimum absolute atomic E-state index is 0.00148. The predicted molar refractivity (Wildman–Crippen MR) is 68.4 cm³/mol. The SMILES string of the molecule is Cn1nccc1C=C(C#N)C(=O)C1CCCCC1. The summed E-state index contributed by atoms with van der Waals surface area (Å²) in [6.07, 6.45) is 8.54. The average Bonchev–Trinajstić information content (AvgIpc) is 2.81. The van der Waals surface area contributed by atoms with E-state index in [2.05, 4.69) is 5.10 Å². The zero-order chi connectivity index (χ0) is 13.0. The number of allylic oxidation sites excluding steroid dienone is 1. The molecule has 0 aromatic carbocycles. The predicted octanol–water partition coefficient (Wildman–Crippen LogP) is 2.48. The van der Waals surface area contributed by atoms with Gasteiger partial charge in [-0.1, -0.05) is 19.3 Å². The molecule has 1 aromatic rings. The number of carbonyl (C=O) groups excluding carboxylic acids is 1. The van der Waals surface area contributed by atoms with Crippen molar-refractivity contribution in [2.24, 2.45) is 13.0 Å². The molecule has 0 N–H and O–H groups in total. The number of carbonyl (C=O) groups is 1. The highest BCUT2D eigenvalue weighted by molar-refractivity contribution is 6.04. The number of ketones is 1. The lowest BCUT2D eigenvalue weighted by Gasteiger charge is -2.19. The Hall–Kier alpha value is -1.89. The van der Waals surface area contributed by atoms with Crippen LogP contribution in [0.15, 0.2) is 17.8 Å². The zero-order valence-electron chi connectivity index (χ0n) is 10.6. The minimum atomic E-state index is -0.00148. The molecule has 1 aromatic heterocycles. The summed E-state index contributed by atoms with van der Waals surface area (Å²) in [5.41, 5.74) is 1.04. The molecule has 1 aliphatic carbocycles. The van der Waals surface area contributed by atoms with Gasteiger partial charge in [0.15, 0.2) is 5.78 Å². The minimum Gasteiger partial charge on any atom is -0.293 e. The molecule has 1 fully saturated rings. The number of rotatable bonds is 3. The van der Waals surface area contributed by atoms with E-state index >= 15 is 0 Å². The summed E-state index contributed by atoms with van der Waals surface area (Å²) >= 11 is 0. The van der Waals surface area contributed by atoms with Crippen molar-refractivity contribution in [1.82, 2.24) is 9.78 Å². The lowest BCUT2D eigenvalue weighted by molar-refractivity contribution is -0.119. The fourth-order valence-electron chi connectivity index (χ4n) is 2.42. The highest BCUT2D eigenvalue weighted by Gasteiger charge is 2.24. The van der Waals surface area contributed by atoms with Gasteiger partial charge in [-0.25, -0.2) is 0 Å². The van der Waals surface area contributed by atoms with Gasteiger partial charge in [0.1, 0.15) is 6.07 Å². The molecule has 1 saturated carbocycles. The Morgan fingerprint density at radius 1 is 1.50 bits per heavy atom. The monoisotopic (exact) mass is 243 g/mol. The Balaban J connectivity index is 2.18. The Morgan fingerprint density at radius 3 is 2.78 bits per heavy atom. The van der Waals surface area contributed by atoms with Gasteiger partial charge < -0.3 is 0 Å². The van der Waals surface area contributed by atoms with Crippen LogP contribution in [0.1, 0.15) is 37.8 Å². The van der Waals surface area contributed by atoms with Gasteiger partial charge in [-0.15, -0.1) is 0 Å². The molecular weight excluding hydrogens is 226 g/mol. The first-order valence-corrected chi connectivity index (χ1v) is 6.36. The van der Waals surface area contributed by atoms with Crippen LogP contribution in [0.25, 0.3) is 6.08 Å². The normalized spacial score (nSPS) is 17.4. The molecule has 4 heteroatoms. The third-order valence-electron chi connectivity index (χ3n) is 3.51. The van der Waals surface area contributed by atoms with Crippen molar-refractivity contribution >= 4 is 11.9 Å². The van der Waals surface area contributed by atoms with Gasteiger partial charge in [0.2, 0.25) is 0 Å². The summed E-state index contributed by atoms with van der Waals surface area (Å²) in [6, 6.07) is 3.83. The Bertz CT molecular complexity index is 501.